The molecule has 5 nitrogen and oxygen atoms in total. The van der Waals surface area contributed by atoms with Crippen LogP contribution in [0.4, 0.5) is 4.39 Å². The molecule has 0 spiro atoms. The summed E-state index contributed by atoms with van der Waals surface area (Å²) in [4.78, 5) is 4.26. The Balaban J connectivity index is 1.65. The van der Waals surface area contributed by atoms with Gasteiger partial charge in [0.05, 0.1) is 6.10 Å². The number of hydrogen-bond donors (Lipinski definition) is 1. The summed E-state index contributed by atoms with van der Waals surface area (Å²) >= 11 is 0. The quantitative estimate of drug-likeness (QED) is 0.937. The number of aromatic nitrogens is 2. The largest absolute Gasteiger partial charge is 0.368 e. The van der Waals surface area contributed by atoms with Crippen molar-refractivity contribution >= 4 is 0 Å². The topological polar surface area (TPSA) is 60.2 Å². The summed E-state index contributed by atoms with van der Waals surface area (Å²) in [6, 6.07) is 4.69. The Labute approximate surface area is 122 Å². The monoisotopic (exact) mass is 291 g/mol. The van der Waals surface area contributed by atoms with Crippen molar-refractivity contribution in [1.82, 2.24) is 15.5 Å². The van der Waals surface area contributed by atoms with Crippen LogP contribution in [0.3, 0.4) is 0 Å². The summed E-state index contributed by atoms with van der Waals surface area (Å²) < 4.78 is 24.3. The van der Waals surface area contributed by atoms with Gasteiger partial charge in [-0.2, -0.15) is 4.98 Å². The first-order chi connectivity index (χ1) is 10.2. The highest BCUT2D eigenvalue weighted by Crippen LogP contribution is 2.19. The van der Waals surface area contributed by atoms with E-state index in [9.17, 15) is 4.39 Å². The van der Waals surface area contributed by atoms with Gasteiger partial charge in [0, 0.05) is 5.56 Å². The molecule has 3 rings (SSSR count). The summed E-state index contributed by atoms with van der Waals surface area (Å²) in [6.07, 6.45) is 2.21. The number of piperidine rings is 1. The molecule has 1 aromatic carbocycles. The first kappa shape index (κ1) is 14.2. The van der Waals surface area contributed by atoms with Crippen molar-refractivity contribution in [3.63, 3.8) is 0 Å². The van der Waals surface area contributed by atoms with Crippen LogP contribution in [0.5, 0.6) is 0 Å². The van der Waals surface area contributed by atoms with Gasteiger partial charge in [-0.25, -0.2) is 4.39 Å². The molecule has 1 saturated heterocycles. The summed E-state index contributed by atoms with van der Waals surface area (Å²) in [5.74, 6) is 0.509. The van der Waals surface area contributed by atoms with Gasteiger partial charge in [0.1, 0.15) is 12.4 Å². The molecule has 112 valence electrons. The predicted molar refractivity (Wildman–Crippen MR) is 75.1 cm³/mol. The van der Waals surface area contributed by atoms with Gasteiger partial charge in [-0.05, 0) is 56.6 Å². The number of nitrogens with zero attached hydrogens (tertiary/aromatic N) is 2. The Bertz CT molecular complexity index is 588. The number of rotatable bonds is 4. The third-order valence-electron chi connectivity index (χ3n) is 3.50. The Kier molecular flexibility index (Phi) is 4.26. The molecule has 0 amide bonds. The molecule has 0 saturated carbocycles. The average molecular weight is 291 g/mol. The van der Waals surface area contributed by atoms with Gasteiger partial charge in [-0.1, -0.05) is 5.16 Å². The summed E-state index contributed by atoms with van der Waals surface area (Å²) in [5.41, 5.74) is 1.44. The van der Waals surface area contributed by atoms with Crippen molar-refractivity contribution in [3.8, 4) is 11.4 Å². The minimum atomic E-state index is -0.303. The molecule has 0 atom stereocenters. The normalized spacial score (nSPS) is 16.3. The van der Waals surface area contributed by atoms with Crippen LogP contribution < -0.4 is 5.32 Å². The smallest absolute Gasteiger partial charge is 0.252 e. The standard InChI is InChI=1S/C15H18FN3O2/c1-10-6-11(8-12(16)7-10)15-18-14(21-19-15)9-20-13-2-4-17-5-3-13/h6-8,13,17H,2-5,9H2,1H3. The average Bonchev–Trinajstić information content (AvgIpc) is 2.94. The molecule has 0 bridgehead atoms. The molecule has 1 aliphatic heterocycles. The molecule has 0 aliphatic carbocycles. The van der Waals surface area contributed by atoms with Gasteiger partial charge < -0.3 is 14.6 Å². The van der Waals surface area contributed by atoms with Gasteiger partial charge in [0.25, 0.3) is 5.89 Å². The summed E-state index contributed by atoms with van der Waals surface area (Å²) in [6.45, 7) is 4.07. The maximum Gasteiger partial charge on any atom is 0.252 e. The molecular formula is C15H18FN3O2. The first-order valence-electron chi connectivity index (χ1n) is 7.13. The molecule has 1 aliphatic rings. The van der Waals surface area contributed by atoms with Crippen LogP contribution in [0.1, 0.15) is 24.3 Å². The summed E-state index contributed by atoms with van der Waals surface area (Å²) in [7, 11) is 0. The van der Waals surface area contributed by atoms with E-state index in [4.69, 9.17) is 9.26 Å². The number of ether oxygens (including phenoxy) is 1. The second-order valence-corrected chi connectivity index (χ2v) is 5.29. The Hall–Kier alpha value is -1.79. The van der Waals surface area contributed by atoms with Crippen molar-refractivity contribution in [2.75, 3.05) is 13.1 Å². The fourth-order valence-electron chi connectivity index (χ4n) is 2.45. The minimum absolute atomic E-state index is 0.234. The number of benzene rings is 1. The zero-order chi connectivity index (χ0) is 14.7. The zero-order valence-corrected chi connectivity index (χ0v) is 11.9. The lowest BCUT2D eigenvalue weighted by atomic mass is 10.1. The Morgan fingerprint density at radius 1 is 1.33 bits per heavy atom. The number of hydrogen-bond acceptors (Lipinski definition) is 5. The molecule has 21 heavy (non-hydrogen) atoms. The third-order valence-corrected chi connectivity index (χ3v) is 3.50. The van der Waals surface area contributed by atoms with Crippen molar-refractivity contribution in [2.45, 2.75) is 32.5 Å². The van der Waals surface area contributed by atoms with E-state index in [1.807, 2.05) is 13.0 Å². The predicted octanol–water partition coefficient (Wildman–Crippen LogP) is 2.45. The lowest BCUT2D eigenvalue weighted by Crippen LogP contribution is -2.32. The Morgan fingerprint density at radius 2 is 2.14 bits per heavy atom. The van der Waals surface area contributed by atoms with E-state index in [1.165, 1.54) is 12.1 Å². The molecule has 2 heterocycles. The zero-order valence-electron chi connectivity index (χ0n) is 11.9. The molecule has 2 aromatic rings. The van der Waals surface area contributed by atoms with Crippen LogP contribution >= 0.6 is 0 Å². The van der Waals surface area contributed by atoms with Crippen LogP contribution in [-0.4, -0.2) is 29.3 Å². The van der Waals surface area contributed by atoms with E-state index in [1.54, 1.807) is 0 Å². The van der Waals surface area contributed by atoms with E-state index in [2.05, 4.69) is 15.5 Å². The van der Waals surface area contributed by atoms with Gasteiger partial charge in [0.2, 0.25) is 5.82 Å². The van der Waals surface area contributed by atoms with Crippen LogP contribution in [-0.2, 0) is 11.3 Å². The van der Waals surface area contributed by atoms with E-state index < -0.39 is 0 Å². The number of halogens is 1. The lowest BCUT2D eigenvalue weighted by molar-refractivity contribution is 0.00859. The fourth-order valence-corrected chi connectivity index (χ4v) is 2.45. The molecule has 1 aromatic heterocycles. The van der Waals surface area contributed by atoms with E-state index in [0.29, 0.717) is 23.9 Å². The van der Waals surface area contributed by atoms with Gasteiger partial charge in [0.15, 0.2) is 0 Å². The van der Waals surface area contributed by atoms with Crippen molar-refractivity contribution in [3.05, 3.63) is 35.5 Å². The van der Waals surface area contributed by atoms with Crippen LogP contribution in [0.15, 0.2) is 22.7 Å². The maximum absolute atomic E-state index is 13.4. The second-order valence-electron chi connectivity index (χ2n) is 5.29. The van der Waals surface area contributed by atoms with Crippen LogP contribution in [0.25, 0.3) is 11.4 Å². The molecule has 1 N–H and O–H groups in total. The number of aryl methyl sites for hydroxylation is 1. The first-order valence-corrected chi connectivity index (χ1v) is 7.13. The lowest BCUT2D eigenvalue weighted by Gasteiger charge is -2.21. The van der Waals surface area contributed by atoms with Crippen molar-refractivity contribution in [2.24, 2.45) is 0 Å². The SMILES string of the molecule is Cc1cc(F)cc(-c2noc(COC3CCNCC3)n2)c1. The minimum Gasteiger partial charge on any atom is -0.368 e. The van der Waals surface area contributed by atoms with Gasteiger partial charge >= 0.3 is 0 Å². The van der Waals surface area contributed by atoms with Gasteiger partial charge in [-0.3, -0.25) is 0 Å². The molecule has 0 radical (unpaired) electrons. The highest BCUT2D eigenvalue weighted by atomic mass is 19.1. The molecular weight excluding hydrogens is 273 g/mol. The van der Waals surface area contributed by atoms with E-state index >= 15 is 0 Å². The molecule has 6 heteroatoms. The van der Waals surface area contributed by atoms with Crippen LogP contribution in [0, 0.1) is 12.7 Å². The van der Waals surface area contributed by atoms with Crippen molar-refractivity contribution in [1.29, 1.82) is 0 Å². The van der Waals surface area contributed by atoms with Gasteiger partial charge in [-0.15, -0.1) is 0 Å². The fraction of sp³-hybridized carbons (Fsp3) is 0.467. The molecule has 1 fully saturated rings. The third kappa shape index (κ3) is 3.65. The highest BCUT2D eigenvalue weighted by Gasteiger charge is 2.16. The van der Waals surface area contributed by atoms with E-state index in [-0.39, 0.29) is 11.9 Å². The Morgan fingerprint density at radius 3 is 2.90 bits per heavy atom. The summed E-state index contributed by atoms with van der Waals surface area (Å²) in [5, 5.41) is 7.17. The van der Waals surface area contributed by atoms with E-state index in [0.717, 1.165) is 31.5 Å². The molecule has 0 unspecified atom stereocenters. The van der Waals surface area contributed by atoms with Crippen molar-refractivity contribution < 1.29 is 13.7 Å². The second kappa shape index (κ2) is 6.32. The number of nitrogens with one attached hydrogen (secondary N) is 1. The van der Waals surface area contributed by atoms with Crippen LogP contribution in [0.2, 0.25) is 0 Å². The maximum atomic E-state index is 13.4. The highest BCUT2D eigenvalue weighted by molar-refractivity contribution is 5.55.